The van der Waals surface area contributed by atoms with Gasteiger partial charge in [0, 0.05) is 6.04 Å². The zero-order valence-corrected chi connectivity index (χ0v) is 14.0. The molecule has 0 aromatic carbocycles. The van der Waals surface area contributed by atoms with Crippen LogP contribution < -0.4 is 11.1 Å². The lowest BCUT2D eigenvalue weighted by molar-refractivity contribution is 0.328. The third kappa shape index (κ3) is 3.04. The molecule has 7 heteroatoms. The number of sulfone groups is 1. The van der Waals surface area contributed by atoms with E-state index in [-0.39, 0.29) is 22.0 Å². The molecule has 2 aliphatic rings. The van der Waals surface area contributed by atoms with Crippen molar-refractivity contribution in [3.05, 3.63) is 0 Å². The van der Waals surface area contributed by atoms with E-state index < -0.39 is 9.84 Å². The summed E-state index contributed by atoms with van der Waals surface area (Å²) in [6.07, 6.45) is 7.78. The molecule has 0 spiro atoms. The fourth-order valence-corrected chi connectivity index (χ4v) is 6.13. The molecule has 1 unspecified atom stereocenters. The van der Waals surface area contributed by atoms with Gasteiger partial charge >= 0.3 is 0 Å². The Morgan fingerprint density at radius 1 is 1.24 bits per heavy atom. The molecule has 1 aromatic heterocycles. The van der Waals surface area contributed by atoms with Crippen molar-refractivity contribution in [1.29, 1.82) is 0 Å². The lowest BCUT2D eigenvalue weighted by Crippen LogP contribution is -2.28. The maximum atomic E-state index is 12.5. The van der Waals surface area contributed by atoms with Crippen LogP contribution in [-0.4, -0.2) is 24.1 Å². The number of anilines is 2. The molecular formula is C14H23N3O2S2. The molecule has 0 amide bonds. The van der Waals surface area contributed by atoms with Crippen LogP contribution in [0.5, 0.6) is 0 Å². The van der Waals surface area contributed by atoms with Gasteiger partial charge in [-0.1, -0.05) is 19.3 Å². The van der Waals surface area contributed by atoms with Crippen molar-refractivity contribution >= 4 is 32.2 Å². The summed E-state index contributed by atoms with van der Waals surface area (Å²) in [6.45, 7) is 2.14. The largest absolute Gasteiger partial charge is 0.382 e. The summed E-state index contributed by atoms with van der Waals surface area (Å²) in [5.74, 6) is 0.767. The summed E-state index contributed by atoms with van der Waals surface area (Å²) in [7, 11) is -3.30. The second kappa shape index (κ2) is 5.76. The van der Waals surface area contributed by atoms with Gasteiger partial charge < -0.3 is 11.1 Å². The number of rotatable bonds is 5. The van der Waals surface area contributed by atoms with Crippen LogP contribution >= 0.6 is 11.5 Å². The van der Waals surface area contributed by atoms with Gasteiger partial charge in [0.05, 0.1) is 5.25 Å². The Bertz CT molecular complexity index is 602. The van der Waals surface area contributed by atoms with Gasteiger partial charge in [-0.3, -0.25) is 0 Å². The van der Waals surface area contributed by atoms with E-state index in [1.807, 2.05) is 0 Å². The predicted molar refractivity (Wildman–Crippen MR) is 86.4 cm³/mol. The van der Waals surface area contributed by atoms with Crippen molar-refractivity contribution < 1.29 is 8.42 Å². The van der Waals surface area contributed by atoms with Crippen molar-refractivity contribution in [3.63, 3.8) is 0 Å². The summed E-state index contributed by atoms with van der Waals surface area (Å²) < 4.78 is 29.1. The summed E-state index contributed by atoms with van der Waals surface area (Å²) in [5, 5.41) is 3.77. The average Bonchev–Trinajstić information content (AvgIpc) is 3.25. The molecule has 0 radical (unpaired) electrons. The monoisotopic (exact) mass is 329 g/mol. The number of nitrogens with two attached hydrogens (primary N) is 1. The Kier molecular flexibility index (Phi) is 4.14. The highest BCUT2D eigenvalue weighted by Crippen LogP contribution is 2.41. The molecular weight excluding hydrogens is 306 g/mol. The molecule has 1 aromatic rings. The first kappa shape index (κ1) is 15.1. The van der Waals surface area contributed by atoms with Gasteiger partial charge in [0.15, 0.2) is 15.7 Å². The van der Waals surface area contributed by atoms with Gasteiger partial charge in [0.2, 0.25) is 0 Å². The lowest BCUT2D eigenvalue weighted by Gasteiger charge is -2.28. The minimum Gasteiger partial charge on any atom is -0.382 e. The number of hydrogen-bond acceptors (Lipinski definition) is 6. The number of nitrogens with one attached hydrogen (secondary N) is 1. The highest BCUT2D eigenvalue weighted by atomic mass is 32.2. The quantitative estimate of drug-likeness (QED) is 0.867. The van der Waals surface area contributed by atoms with Crippen molar-refractivity contribution in [2.45, 2.75) is 68.1 Å². The smallest absolute Gasteiger partial charge is 0.187 e. The van der Waals surface area contributed by atoms with Crippen LogP contribution in [0, 0.1) is 5.92 Å². The SMILES string of the molecule is CC(Nc1snc(N)c1S(=O)(=O)C1CC1)C1CCCCC1. The molecule has 5 nitrogen and oxygen atoms in total. The molecule has 118 valence electrons. The third-order valence-electron chi connectivity index (χ3n) is 4.64. The van der Waals surface area contributed by atoms with Crippen LogP contribution in [-0.2, 0) is 9.84 Å². The second-order valence-corrected chi connectivity index (χ2v) is 9.24. The zero-order chi connectivity index (χ0) is 15.0. The molecule has 21 heavy (non-hydrogen) atoms. The van der Waals surface area contributed by atoms with Crippen LogP contribution in [0.15, 0.2) is 4.90 Å². The predicted octanol–water partition coefficient (Wildman–Crippen LogP) is 3.04. The summed E-state index contributed by atoms with van der Waals surface area (Å²) in [6, 6.07) is 0.262. The first-order valence-corrected chi connectivity index (χ1v) is 10.1. The van der Waals surface area contributed by atoms with E-state index >= 15 is 0 Å². The van der Waals surface area contributed by atoms with E-state index in [4.69, 9.17) is 5.73 Å². The Hall–Kier alpha value is -0.820. The van der Waals surface area contributed by atoms with E-state index in [0.717, 1.165) is 12.8 Å². The molecule has 3 N–H and O–H groups in total. The lowest BCUT2D eigenvalue weighted by atomic mass is 9.84. The molecule has 3 rings (SSSR count). The standard InChI is InChI=1S/C14H23N3O2S2/c1-9(10-5-3-2-4-6-10)16-14-12(13(15)17-20-14)21(18,19)11-7-8-11/h9-11,16H,2-8H2,1H3,(H2,15,17). The van der Waals surface area contributed by atoms with Crippen LogP contribution in [0.1, 0.15) is 51.9 Å². The molecule has 0 saturated heterocycles. The van der Waals surface area contributed by atoms with Gasteiger partial charge in [-0.15, -0.1) is 0 Å². The molecule has 0 bridgehead atoms. The minimum atomic E-state index is -3.30. The van der Waals surface area contributed by atoms with E-state index in [0.29, 0.717) is 10.9 Å². The highest BCUT2D eigenvalue weighted by molar-refractivity contribution is 7.92. The molecule has 1 heterocycles. The van der Waals surface area contributed by atoms with Gasteiger partial charge in [0.1, 0.15) is 9.90 Å². The summed E-state index contributed by atoms with van der Waals surface area (Å²) in [4.78, 5) is 0.248. The van der Waals surface area contributed by atoms with Gasteiger partial charge in [0.25, 0.3) is 0 Å². The molecule has 2 aliphatic carbocycles. The Morgan fingerprint density at radius 2 is 1.90 bits per heavy atom. The van der Waals surface area contributed by atoms with Gasteiger partial charge in [-0.05, 0) is 50.1 Å². The first-order valence-electron chi connectivity index (χ1n) is 7.75. The number of nitrogen functional groups attached to an aromatic ring is 1. The Balaban J connectivity index is 1.79. The fraction of sp³-hybridized carbons (Fsp3) is 0.786. The van der Waals surface area contributed by atoms with Crippen LogP contribution in [0.3, 0.4) is 0 Å². The summed E-state index contributed by atoms with van der Waals surface area (Å²) in [5.41, 5.74) is 5.83. The molecule has 0 aliphatic heterocycles. The number of aromatic nitrogens is 1. The average molecular weight is 329 g/mol. The fourth-order valence-electron chi connectivity index (χ4n) is 3.16. The van der Waals surface area contributed by atoms with E-state index in [2.05, 4.69) is 16.6 Å². The molecule has 2 fully saturated rings. The highest BCUT2D eigenvalue weighted by Gasteiger charge is 2.41. The van der Waals surface area contributed by atoms with Crippen LogP contribution in [0.4, 0.5) is 10.8 Å². The zero-order valence-electron chi connectivity index (χ0n) is 12.3. The van der Waals surface area contributed by atoms with Crippen LogP contribution in [0.25, 0.3) is 0 Å². The maximum absolute atomic E-state index is 12.5. The number of hydrogen-bond donors (Lipinski definition) is 2. The van der Waals surface area contributed by atoms with Crippen molar-refractivity contribution in [1.82, 2.24) is 4.37 Å². The molecule has 2 saturated carbocycles. The second-order valence-electron chi connectivity index (χ2n) is 6.30. The van der Waals surface area contributed by atoms with E-state index in [9.17, 15) is 8.42 Å². The topological polar surface area (TPSA) is 85.1 Å². The first-order chi connectivity index (χ1) is 10.00. The van der Waals surface area contributed by atoms with Crippen molar-refractivity contribution in [2.24, 2.45) is 5.92 Å². The number of nitrogens with zero attached hydrogens (tertiary/aromatic N) is 1. The van der Waals surface area contributed by atoms with Gasteiger partial charge in [-0.2, -0.15) is 4.37 Å². The van der Waals surface area contributed by atoms with Crippen molar-refractivity contribution in [2.75, 3.05) is 11.1 Å². The van der Waals surface area contributed by atoms with Gasteiger partial charge in [-0.25, -0.2) is 8.42 Å². The van der Waals surface area contributed by atoms with E-state index in [1.165, 1.54) is 43.6 Å². The van der Waals surface area contributed by atoms with Crippen molar-refractivity contribution in [3.8, 4) is 0 Å². The Labute approximate surface area is 130 Å². The Morgan fingerprint density at radius 3 is 2.52 bits per heavy atom. The van der Waals surface area contributed by atoms with Crippen LogP contribution in [0.2, 0.25) is 0 Å². The third-order valence-corrected chi connectivity index (χ3v) is 7.89. The summed E-state index contributed by atoms with van der Waals surface area (Å²) >= 11 is 1.18. The normalized spacial score (nSPS) is 22.1. The maximum Gasteiger partial charge on any atom is 0.187 e. The molecule has 1 atom stereocenters. The minimum absolute atomic E-state index is 0.158. The van der Waals surface area contributed by atoms with E-state index in [1.54, 1.807) is 0 Å².